The van der Waals surface area contributed by atoms with Crippen LogP contribution in [0.4, 0.5) is 5.82 Å². The molecule has 124 valence electrons. The Morgan fingerprint density at radius 2 is 1.96 bits per heavy atom. The van der Waals surface area contributed by atoms with Crippen LogP contribution in [0.1, 0.15) is 12.1 Å². The molecule has 1 saturated heterocycles. The number of aliphatic hydroxyl groups is 1. The largest absolute Gasteiger partial charge is 0.396 e. The molecule has 1 fully saturated rings. The second kappa shape index (κ2) is 8.03. The molecule has 0 bridgehead atoms. The Hall–Kier alpha value is -1.99. The first-order valence-electron chi connectivity index (χ1n) is 8.23. The Bertz CT molecular complexity index is 579. The number of piperazine rings is 1. The van der Waals surface area contributed by atoms with Gasteiger partial charge in [-0.1, -0.05) is 11.3 Å². The van der Waals surface area contributed by atoms with Crippen molar-refractivity contribution >= 4 is 5.82 Å². The van der Waals surface area contributed by atoms with Gasteiger partial charge in [-0.2, -0.15) is 0 Å². The molecule has 0 spiro atoms. The number of aryl methyl sites for hydroxylation is 1. The summed E-state index contributed by atoms with van der Waals surface area (Å²) in [6, 6.07) is 6.07. The molecular weight excluding hydrogens is 292 g/mol. The van der Waals surface area contributed by atoms with Crippen molar-refractivity contribution in [2.45, 2.75) is 19.4 Å². The maximum absolute atomic E-state index is 8.89. The lowest BCUT2D eigenvalue weighted by molar-refractivity contribution is 0.248. The van der Waals surface area contributed by atoms with Gasteiger partial charge in [0.2, 0.25) is 0 Å². The lowest BCUT2D eigenvalue weighted by Crippen LogP contribution is -2.47. The maximum Gasteiger partial charge on any atom is 0.128 e. The zero-order chi connectivity index (χ0) is 15.9. The van der Waals surface area contributed by atoms with Crippen LogP contribution in [0.15, 0.2) is 30.6 Å². The summed E-state index contributed by atoms with van der Waals surface area (Å²) in [7, 11) is 0. The van der Waals surface area contributed by atoms with Gasteiger partial charge in [-0.3, -0.25) is 9.58 Å². The smallest absolute Gasteiger partial charge is 0.128 e. The zero-order valence-electron chi connectivity index (χ0n) is 13.4. The van der Waals surface area contributed by atoms with Gasteiger partial charge < -0.3 is 10.0 Å². The fraction of sp³-hybridized carbons (Fsp3) is 0.562. The maximum atomic E-state index is 8.89. The van der Waals surface area contributed by atoms with Crippen LogP contribution < -0.4 is 4.90 Å². The van der Waals surface area contributed by atoms with Crippen molar-refractivity contribution < 1.29 is 5.11 Å². The number of aromatic nitrogens is 4. The summed E-state index contributed by atoms with van der Waals surface area (Å²) in [5.74, 6) is 1.08. The fourth-order valence-corrected chi connectivity index (χ4v) is 2.87. The van der Waals surface area contributed by atoms with Crippen molar-refractivity contribution in [2.24, 2.45) is 0 Å². The van der Waals surface area contributed by atoms with E-state index in [2.05, 4.69) is 31.2 Å². The van der Waals surface area contributed by atoms with Crippen molar-refractivity contribution in [1.82, 2.24) is 24.9 Å². The molecule has 1 aliphatic heterocycles. The summed E-state index contributed by atoms with van der Waals surface area (Å²) in [4.78, 5) is 9.25. The number of hydrogen-bond donors (Lipinski definition) is 1. The van der Waals surface area contributed by atoms with Crippen molar-refractivity contribution in [3.05, 3.63) is 36.3 Å². The summed E-state index contributed by atoms with van der Waals surface area (Å²) < 4.78 is 1.87. The topological polar surface area (TPSA) is 70.3 Å². The van der Waals surface area contributed by atoms with Gasteiger partial charge in [-0.15, -0.1) is 5.10 Å². The van der Waals surface area contributed by atoms with Gasteiger partial charge in [0.1, 0.15) is 5.82 Å². The van der Waals surface area contributed by atoms with E-state index in [9.17, 15) is 0 Å². The van der Waals surface area contributed by atoms with Gasteiger partial charge in [0.15, 0.2) is 0 Å². The fourth-order valence-electron chi connectivity index (χ4n) is 2.87. The molecule has 0 atom stereocenters. The first-order chi connectivity index (χ1) is 11.3. The van der Waals surface area contributed by atoms with Crippen LogP contribution >= 0.6 is 0 Å². The molecule has 1 aliphatic rings. The van der Waals surface area contributed by atoms with Crippen LogP contribution in [-0.4, -0.2) is 69.3 Å². The number of pyridine rings is 1. The predicted molar refractivity (Wildman–Crippen MR) is 88.3 cm³/mol. The highest BCUT2D eigenvalue weighted by molar-refractivity contribution is 5.38. The predicted octanol–water partition coefficient (Wildman–Crippen LogP) is 0.420. The van der Waals surface area contributed by atoms with E-state index in [1.165, 1.54) is 0 Å². The van der Waals surface area contributed by atoms with E-state index in [-0.39, 0.29) is 6.61 Å². The van der Waals surface area contributed by atoms with E-state index in [4.69, 9.17) is 5.11 Å². The average Bonchev–Trinajstić information content (AvgIpc) is 3.04. The molecule has 0 aliphatic carbocycles. The molecule has 0 saturated carbocycles. The van der Waals surface area contributed by atoms with E-state index in [1.54, 1.807) is 0 Å². The number of nitrogens with zero attached hydrogens (tertiary/aromatic N) is 6. The first-order valence-corrected chi connectivity index (χ1v) is 8.23. The molecule has 1 N–H and O–H groups in total. The number of aliphatic hydroxyl groups excluding tert-OH is 1. The molecule has 0 amide bonds. The highest BCUT2D eigenvalue weighted by Gasteiger charge is 2.17. The van der Waals surface area contributed by atoms with Gasteiger partial charge in [-0.05, 0) is 18.6 Å². The molecular formula is C16H24N6O. The molecule has 3 rings (SSSR count). The third kappa shape index (κ3) is 4.49. The Balaban J connectivity index is 1.37. The SMILES string of the molecule is OCCc1cn(CCCN2CCN(c3ccccn3)CC2)nn1. The minimum atomic E-state index is 0.124. The monoisotopic (exact) mass is 316 g/mol. The van der Waals surface area contributed by atoms with Gasteiger partial charge in [-0.25, -0.2) is 4.98 Å². The third-order valence-electron chi connectivity index (χ3n) is 4.16. The number of rotatable bonds is 7. The minimum Gasteiger partial charge on any atom is -0.396 e. The van der Waals surface area contributed by atoms with Crippen LogP contribution in [0, 0.1) is 0 Å². The summed E-state index contributed by atoms with van der Waals surface area (Å²) in [5, 5.41) is 17.0. The molecule has 0 aromatic carbocycles. The lowest BCUT2D eigenvalue weighted by Gasteiger charge is -2.35. The average molecular weight is 316 g/mol. The summed E-state index contributed by atoms with van der Waals surface area (Å²) in [6.07, 6.45) is 5.42. The quantitative estimate of drug-likeness (QED) is 0.798. The van der Waals surface area contributed by atoms with Gasteiger partial charge >= 0.3 is 0 Å². The van der Waals surface area contributed by atoms with Crippen LogP contribution in [0.25, 0.3) is 0 Å². The molecule has 0 radical (unpaired) electrons. The Morgan fingerprint density at radius 1 is 1.09 bits per heavy atom. The van der Waals surface area contributed by atoms with E-state index in [1.807, 2.05) is 29.2 Å². The van der Waals surface area contributed by atoms with Gasteiger partial charge in [0.05, 0.1) is 5.69 Å². The van der Waals surface area contributed by atoms with Gasteiger partial charge in [0, 0.05) is 64.7 Å². The van der Waals surface area contributed by atoms with E-state index >= 15 is 0 Å². The highest BCUT2D eigenvalue weighted by atomic mass is 16.3. The number of hydrogen-bond acceptors (Lipinski definition) is 6. The first kappa shape index (κ1) is 15.9. The summed E-state index contributed by atoms with van der Waals surface area (Å²) >= 11 is 0. The Morgan fingerprint density at radius 3 is 2.70 bits per heavy atom. The van der Waals surface area contributed by atoms with E-state index in [0.717, 1.165) is 57.2 Å². The van der Waals surface area contributed by atoms with Crippen LogP contribution in [-0.2, 0) is 13.0 Å². The molecule has 7 nitrogen and oxygen atoms in total. The second-order valence-electron chi connectivity index (χ2n) is 5.82. The van der Waals surface area contributed by atoms with Crippen molar-refractivity contribution in [3.8, 4) is 0 Å². The molecule has 2 aromatic rings. The molecule has 7 heteroatoms. The van der Waals surface area contributed by atoms with Crippen molar-refractivity contribution in [1.29, 1.82) is 0 Å². The van der Waals surface area contributed by atoms with Crippen molar-refractivity contribution in [3.63, 3.8) is 0 Å². The van der Waals surface area contributed by atoms with Gasteiger partial charge in [0.25, 0.3) is 0 Å². The van der Waals surface area contributed by atoms with Crippen LogP contribution in [0.5, 0.6) is 0 Å². The lowest BCUT2D eigenvalue weighted by atomic mass is 10.2. The number of anilines is 1. The molecule has 3 heterocycles. The van der Waals surface area contributed by atoms with E-state index < -0.39 is 0 Å². The minimum absolute atomic E-state index is 0.124. The van der Waals surface area contributed by atoms with E-state index in [0.29, 0.717) is 6.42 Å². The van der Waals surface area contributed by atoms with Crippen molar-refractivity contribution in [2.75, 3.05) is 44.2 Å². The zero-order valence-corrected chi connectivity index (χ0v) is 13.4. The normalized spacial score (nSPS) is 16.0. The summed E-state index contributed by atoms with van der Waals surface area (Å²) in [6.45, 7) is 6.28. The second-order valence-corrected chi connectivity index (χ2v) is 5.82. The standard InChI is InChI=1S/C16H24N6O/c23-13-5-15-14-22(19-18-15)8-3-7-20-9-11-21(12-10-20)16-4-1-2-6-17-16/h1-2,4,6,14,23H,3,5,7-13H2. The third-order valence-corrected chi connectivity index (χ3v) is 4.16. The van der Waals surface area contributed by atoms with Crippen LogP contribution in [0.3, 0.4) is 0 Å². The molecule has 2 aromatic heterocycles. The molecule has 0 unspecified atom stereocenters. The molecule has 23 heavy (non-hydrogen) atoms. The van der Waals surface area contributed by atoms with Crippen LogP contribution in [0.2, 0.25) is 0 Å². The Kier molecular flexibility index (Phi) is 5.55. The Labute approximate surface area is 136 Å². The summed E-state index contributed by atoms with van der Waals surface area (Å²) in [5.41, 5.74) is 0.858. The highest BCUT2D eigenvalue weighted by Crippen LogP contribution is 2.12.